The van der Waals surface area contributed by atoms with Crippen LogP contribution in [0.3, 0.4) is 0 Å². The molecule has 31 heavy (non-hydrogen) atoms. The number of hydrogen-bond donors (Lipinski definition) is 2. The Bertz CT molecular complexity index is 972. The summed E-state index contributed by atoms with van der Waals surface area (Å²) in [7, 11) is -3.79. The number of amides is 1. The van der Waals surface area contributed by atoms with Crippen LogP contribution in [-0.2, 0) is 15.0 Å². The van der Waals surface area contributed by atoms with Gasteiger partial charge in [0.15, 0.2) is 0 Å². The molecular weight excluding hydrogens is 422 g/mol. The van der Waals surface area contributed by atoms with Gasteiger partial charge in [-0.25, -0.2) is 10.5 Å². The fourth-order valence-electron chi connectivity index (χ4n) is 4.15. The zero-order chi connectivity index (χ0) is 21.8. The van der Waals surface area contributed by atoms with Crippen molar-refractivity contribution in [1.82, 2.24) is 23.6 Å². The number of carbonyl (C=O) groups excluding carboxylic acids is 1. The Labute approximate surface area is 181 Å². The van der Waals surface area contributed by atoms with Crippen LogP contribution in [0.5, 0.6) is 5.75 Å². The summed E-state index contributed by atoms with van der Waals surface area (Å²) in [5.41, 5.74) is 2.58. The van der Waals surface area contributed by atoms with Gasteiger partial charge < -0.3 is 9.30 Å². The Morgan fingerprint density at radius 1 is 1.10 bits per heavy atom. The number of imidazole rings is 1. The molecule has 2 N–H and O–H groups in total. The zero-order valence-corrected chi connectivity index (χ0v) is 17.9. The second kappa shape index (κ2) is 9.35. The van der Waals surface area contributed by atoms with E-state index in [1.165, 1.54) is 8.61 Å². The van der Waals surface area contributed by atoms with E-state index in [-0.39, 0.29) is 12.6 Å². The number of carbonyl (C=O) groups is 1. The fraction of sp³-hybridized carbons (Fsp3) is 0.500. The summed E-state index contributed by atoms with van der Waals surface area (Å²) in [6.45, 7) is 0.925. The van der Waals surface area contributed by atoms with Crippen molar-refractivity contribution in [3.63, 3.8) is 0 Å². The molecule has 0 unspecified atom stereocenters. The van der Waals surface area contributed by atoms with Gasteiger partial charge in [0.2, 0.25) is 0 Å². The van der Waals surface area contributed by atoms with Crippen molar-refractivity contribution in [2.45, 2.75) is 44.2 Å². The molecule has 0 radical (unpaired) electrons. The molecule has 168 valence electrons. The number of aromatic nitrogens is 2. The minimum Gasteiger partial charge on any atom is -0.490 e. The highest BCUT2D eigenvalue weighted by Crippen LogP contribution is 2.27. The molecule has 1 aromatic heterocycles. The normalized spacial score (nSPS) is 21.6. The summed E-state index contributed by atoms with van der Waals surface area (Å²) in [6, 6.07) is 6.81. The molecule has 0 saturated carbocycles. The minimum atomic E-state index is -3.79. The predicted octanol–water partition coefficient (Wildman–Crippen LogP) is 1.32. The van der Waals surface area contributed by atoms with Crippen LogP contribution in [0.1, 0.15) is 32.1 Å². The number of nitrogens with one attached hydrogen (secondary N) is 1. The van der Waals surface area contributed by atoms with Crippen molar-refractivity contribution in [3.8, 4) is 11.4 Å². The van der Waals surface area contributed by atoms with Gasteiger partial charge in [0.05, 0.1) is 6.33 Å². The Hall–Kier alpha value is -2.47. The topological polar surface area (TPSA) is 117 Å². The van der Waals surface area contributed by atoms with Crippen LogP contribution >= 0.6 is 0 Å². The molecule has 10 nitrogen and oxygen atoms in total. The van der Waals surface area contributed by atoms with Crippen LogP contribution in [0.4, 0.5) is 0 Å². The van der Waals surface area contributed by atoms with E-state index in [1.807, 2.05) is 35.0 Å². The predicted molar refractivity (Wildman–Crippen MR) is 112 cm³/mol. The van der Waals surface area contributed by atoms with Gasteiger partial charge in [-0.05, 0) is 49.9 Å². The first-order valence-corrected chi connectivity index (χ1v) is 11.8. The van der Waals surface area contributed by atoms with Crippen molar-refractivity contribution < 1.29 is 23.2 Å². The van der Waals surface area contributed by atoms with Crippen LogP contribution in [0.25, 0.3) is 5.69 Å². The van der Waals surface area contributed by atoms with Crippen LogP contribution in [0, 0.1) is 0 Å². The molecule has 2 fully saturated rings. The van der Waals surface area contributed by atoms with Crippen molar-refractivity contribution >= 4 is 16.1 Å². The zero-order valence-electron chi connectivity index (χ0n) is 17.1. The van der Waals surface area contributed by atoms with Crippen LogP contribution in [0.15, 0.2) is 43.0 Å². The lowest BCUT2D eigenvalue weighted by Gasteiger charge is -2.39. The summed E-state index contributed by atoms with van der Waals surface area (Å²) in [5.74, 6) is 0.0570. The molecule has 1 atom stereocenters. The average Bonchev–Trinajstić information content (AvgIpc) is 3.34. The Balaban J connectivity index is 1.35. The first-order valence-electron chi connectivity index (χ1n) is 10.4. The van der Waals surface area contributed by atoms with Gasteiger partial charge in [0.25, 0.3) is 16.1 Å². The van der Waals surface area contributed by atoms with E-state index in [2.05, 4.69) is 4.98 Å². The highest BCUT2D eigenvalue weighted by molar-refractivity contribution is 7.86. The van der Waals surface area contributed by atoms with Crippen LogP contribution < -0.4 is 10.2 Å². The second-order valence-corrected chi connectivity index (χ2v) is 9.67. The molecular formula is C20H27N5O5S. The molecule has 2 aliphatic rings. The highest BCUT2D eigenvalue weighted by Gasteiger charge is 2.41. The molecule has 2 saturated heterocycles. The molecule has 0 spiro atoms. The van der Waals surface area contributed by atoms with E-state index in [0.717, 1.165) is 17.9 Å². The van der Waals surface area contributed by atoms with E-state index in [0.29, 0.717) is 38.8 Å². The molecule has 3 heterocycles. The van der Waals surface area contributed by atoms with Crippen molar-refractivity contribution in [2.75, 3.05) is 19.6 Å². The third-order valence-electron chi connectivity index (χ3n) is 5.83. The van der Waals surface area contributed by atoms with Gasteiger partial charge in [-0.15, -0.1) is 0 Å². The van der Waals surface area contributed by atoms with Crippen LogP contribution in [-0.4, -0.2) is 69.5 Å². The maximum Gasteiger partial charge on any atom is 0.282 e. The molecule has 4 rings (SSSR count). The maximum absolute atomic E-state index is 13.1. The summed E-state index contributed by atoms with van der Waals surface area (Å²) >= 11 is 0. The SMILES string of the molecule is O=C(NO)[C@H]1CCCCN1S(=O)(=O)N1CCC(Oc2ccc(-n3ccnc3)cc2)CC1. The van der Waals surface area contributed by atoms with Crippen molar-refractivity contribution in [2.24, 2.45) is 0 Å². The monoisotopic (exact) mass is 449 g/mol. The maximum atomic E-state index is 13.1. The molecule has 1 aromatic carbocycles. The van der Waals surface area contributed by atoms with Gasteiger partial charge in [0.1, 0.15) is 17.9 Å². The van der Waals surface area contributed by atoms with Crippen molar-refractivity contribution in [3.05, 3.63) is 43.0 Å². The summed E-state index contributed by atoms with van der Waals surface area (Å²) in [6.07, 6.45) is 8.20. The Morgan fingerprint density at radius 3 is 2.48 bits per heavy atom. The summed E-state index contributed by atoms with van der Waals surface area (Å²) in [5, 5.41) is 8.97. The number of hydroxylamine groups is 1. The molecule has 2 aromatic rings. The fourth-order valence-corrected chi connectivity index (χ4v) is 6.00. The lowest BCUT2D eigenvalue weighted by molar-refractivity contribution is -0.134. The first-order chi connectivity index (χ1) is 15.0. The molecule has 2 aliphatic heterocycles. The van der Waals surface area contributed by atoms with E-state index in [1.54, 1.807) is 18.0 Å². The highest BCUT2D eigenvalue weighted by atomic mass is 32.2. The molecule has 11 heteroatoms. The molecule has 1 amide bonds. The lowest BCUT2D eigenvalue weighted by atomic mass is 10.0. The largest absolute Gasteiger partial charge is 0.490 e. The quantitative estimate of drug-likeness (QED) is 0.507. The van der Waals surface area contributed by atoms with Gasteiger partial charge in [-0.2, -0.15) is 17.0 Å². The van der Waals surface area contributed by atoms with Gasteiger partial charge in [-0.1, -0.05) is 6.42 Å². The first kappa shape index (κ1) is 21.8. The number of piperidine rings is 2. The van der Waals surface area contributed by atoms with E-state index in [9.17, 15) is 13.2 Å². The minimum absolute atomic E-state index is 0.0801. The smallest absolute Gasteiger partial charge is 0.282 e. The molecule has 0 bridgehead atoms. The summed E-state index contributed by atoms with van der Waals surface area (Å²) < 4.78 is 36.8. The number of nitrogens with zero attached hydrogens (tertiary/aromatic N) is 4. The third kappa shape index (κ3) is 4.74. The van der Waals surface area contributed by atoms with Crippen LogP contribution in [0.2, 0.25) is 0 Å². The third-order valence-corrected chi connectivity index (χ3v) is 7.88. The number of hydrogen-bond acceptors (Lipinski definition) is 6. The van der Waals surface area contributed by atoms with E-state index in [4.69, 9.17) is 9.94 Å². The number of rotatable bonds is 6. The Kier molecular flexibility index (Phi) is 6.56. The standard InChI is InChI=1S/C20H27N5O5S/c26-20(22-27)19-3-1-2-11-25(19)31(28,29)24-12-8-18(9-13-24)30-17-6-4-16(5-7-17)23-14-10-21-15-23/h4-7,10,14-15,18-19,27H,1-3,8-9,11-13H2,(H,22,26)/t19-/m1/s1. The summed E-state index contributed by atoms with van der Waals surface area (Å²) in [4.78, 5) is 16.0. The second-order valence-electron chi connectivity index (χ2n) is 7.79. The lowest BCUT2D eigenvalue weighted by Crippen LogP contribution is -2.57. The van der Waals surface area contributed by atoms with E-state index < -0.39 is 22.2 Å². The average molecular weight is 450 g/mol. The van der Waals surface area contributed by atoms with Gasteiger partial charge in [0, 0.05) is 37.7 Å². The van der Waals surface area contributed by atoms with Gasteiger partial charge in [-0.3, -0.25) is 10.0 Å². The molecule has 0 aliphatic carbocycles. The van der Waals surface area contributed by atoms with E-state index >= 15 is 0 Å². The van der Waals surface area contributed by atoms with Gasteiger partial charge >= 0.3 is 0 Å². The number of ether oxygens (including phenoxy) is 1. The van der Waals surface area contributed by atoms with Crippen molar-refractivity contribution in [1.29, 1.82) is 0 Å². The Morgan fingerprint density at radius 2 is 1.84 bits per heavy atom. The number of benzene rings is 1.